The third-order valence-corrected chi connectivity index (χ3v) is 5.08. The standard InChI is InChI=1S/C19H22ClN/c20-17-9-7-16(8-10-17)11-14-19(12-3-1-4-13-19)18-6-2-5-15-21-18/h2,5-10,15H,1,3-4,11-14H2. The topological polar surface area (TPSA) is 12.9 Å². The van der Waals surface area contributed by atoms with E-state index >= 15 is 0 Å². The molecule has 1 heterocycles. The molecule has 0 N–H and O–H groups in total. The highest BCUT2D eigenvalue weighted by Crippen LogP contribution is 2.42. The molecule has 0 bridgehead atoms. The Bertz CT molecular complexity index is 556. The molecule has 1 aromatic carbocycles. The van der Waals surface area contributed by atoms with Crippen molar-refractivity contribution in [1.29, 1.82) is 0 Å². The molecule has 1 aromatic heterocycles. The molecule has 2 aromatic rings. The van der Waals surface area contributed by atoms with E-state index in [0.29, 0.717) is 0 Å². The van der Waals surface area contributed by atoms with Crippen LogP contribution in [0.2, 0.25) is 5.02 Å². The molecule has 1 aliphatic rings. The summed E-state index contributed by atoms with van der Waals surface area (Å²) < 4.78 is 0. The number of rotatable bonds is 4. The Morgan fingerprint density at radius 3 is 2.38 bits per heavy atom. The molecule has 0 radical (unpaired) electrons. The van der Waals surface area contributed by atoms with Gasteiger partial charge in [-0.2, -0.15) is 0 Å². The van der Waals surface area contributed by atoms with Crippen molar-refractivity contribution in [2.75, 3.05) is 0 Å². The highest BCUT2D eigenvalue weighted by atomic mass is 35.5. The SMILES string of the molecule is Clc1ccc(CCC2(c3ccccn3)CCCCC2)cc1. The van der Waals surface area contributed by atoms with Crippen LogP contribution >= 0.6 is 11.6 Å². The number of aryl methyl sites for hydroxylation is 1. The first kappa shape index (κ1) is 14.6. The summed E-state index contributed by atoms with van der Waals surface area (Å²) in [6.07, 6.45) is 10.8. The average Bonchev–Trinajstić information content (AvgIpc) is 2.56. The maximum atomic E-state index is 5.97. The van der Waals surface area contributed by atoms with E-state index < -0.39 is 0 Å². The number of aromatic nitrogens is 1. The lowest BCUT2D eigenvalue weighted by molar-refractivity contribution is 0.267. The van der Waals surface area contributed by atoms with E-state index in [-0.39, 0.29) is 5.41 Å². The molecule has 2 heteroatoms. The van der Waals surface area contributed by atoms with Crippen LogP contribution in [0.3, 0.4) is 0 Å². The number of halogens is 1. The smallest absolute Gasteiger partial charge is 0.0465 e. The van der Waals surface area contributed by atoms with Gasteiger partial charge in [0.15, 0.2) is 0 Å². The molecule has 1 aliphatic carbocycles. The fraction of sp³-hybridized carbons (Fsp3) is 0.421. The van der Waals surface area contributed by atoms with Crippen LogP contribution in [0.4, 0.5) is 0 Å². The highest BCUT2D eigenvalue weighted by Gasteiger charge is 2.34. The molecule has 3 rings (SSSR count). The van der Waals surface area contributed by atoms with Gasteiger partial charge in [-0.05, 0) is 55.5 Å². The first-order chi connectivity index (χ1) is 10.3. The monoisotopic (exact) mass is 299 g/mol. The largest absolute Gasteiger partial charge is 0.261 e. The fourth-order valence-corrected chi connectivity index (χ4v) is 3.70. The Hall–Kier alpha value is -1.34. The van der Waals surface area contributed by atoms with E-state index in [1.54, 1.807) is 0 Å². The Balaban J connectivity index is 1.78. The molecule has 1 fully saturated rings. The van der Waals surface area contributed by atoms with Crippen molar-refractivity contribution in [1.82, 2.24) is 4.98 Å². The minimum atomic E-state index is 0.277. The lowest BCUT2D eigenvalue weighted by Crippen LogP contribution is -2.30. The molecule has 0 saturated heterocycles. The molecule has 0 unspecified atom stereocenters. The van der Waals surface area contributed by atoms with Gasteiger partial charge in [0.25, 0.3) is 0 Å². The van der Waals surface area contributed by atoms with Gasteiger partial charge in [-0.3, -0.25) is 4.98 Å². The van der Waals surface area contributed by atoms with Gasteiger partial charge < -0.3 is 0 Å². The molecule has 0 spiro atoms. The minimum absolute atomic E-state index is 0.277. The van der Waals surface area contributed by atoms with Crippen LogP contribution in [0.15, 0.2) is 48.7 Å². The van der Waals surface area contributed by atoms with E-state index in [1.807, 2.05) is 24.4 Å². The van der Waals surface area contributed by atoms with Crippen LogP contribution < -0.4 is 0 Å². The van der Waals surface area contributed by atoms with Crippen molar-refractivity contribution in [2.24, 2.45) is 0 Å². The van der Waals surface area contributed by atoms with E-state index in [0.717, 1.165) is 11.4 Å². The van der Waals surface area contributed by atoms with Crippen molar-refractivity contribution in [3.63, 3.8) is 0 Å². The van der Waals surface area contributed by atoms with Crippen molar-refractivity contribution < 1.29 is 0 Å². The molecule has 110 valence electrons. The summed E-state index contributed by atoms with van der Waals surface area (Å²) in [6.45, 7) is 0. The Morgan fingerprint density at radius 1 is 0.952 bits per heavy atom. The zero-order valence-corrected chi connectivity index (χ0v) is 13.1. The normalized spacial score (nSPS) is 17.6. The average molecular weight is 300 g/mol. The zero-order valence-electron chi connectivity index (χ0n) is 12.4. The second kappa shape index (κ2) is 6.62. The number of pyridine rings is 1. The Labute approximate surface area is 132 Å². The lowest BCUT2D eigenvalue weighted by atomic mass is 9.68. The Kier molecular flexibility index (Phi) is 4.60. The van der Waals surface area contributed by atoms with Crippen LogP contribution in [0.1, 0.15) is 49.8 Å². The van der Waals surface area contributed by atoms with Gasteiger partial charge in [0.1, 0.15) is 0 Å². The molecule has 0 atom stereocenters. The van der Waals surface area contributed by atoms with Crippen molar-refractivity contribution in [3.05, 3.63) is 64.9 Å². The van der Waals surface area contributed by atoms with Crippen molar-refractivity contribution in [2.45, 2.75) is 50.4 Å². The van der Waals surface area contributed by atoms with Gasteiger partial charge in [-0.15, -0.1) is 0 Å². The Morgan fingerprint density at radius 2 is 1.71 bits per heavy atom. The second-order valence-electron chi connectivity index (χ2n) is 6.18. The number of nitrogens with zero attached hydrogens (tertiary/aromatic N) is 1. The molecule has 1 saturated carbocycles. The van der Waals surface area contributed by atoms with Gasteiger partial charge in [-0.25, -0.2) is 0 Å². The number of hydrogen-bond acceptors (Lipinski definition) is 1. The van der Waals surface area contributed by atoms with Crippen LogP contribution in [-0.4, -0.2) is 4.98 Å². The van der Waals surface area contributed by atoms with Crippen LogP contribution in [0.25, 0.3) is 0 Å². The fourth-order valence-electron chi connectivity index (χ4n) is 3.57. The summed E-state index contributed by atoms with van der Waals surface area (Å²) >= 11 is 5.97. The summed E-state index contributed by atoms with van der Waals surface area (Å²) in [6, 6.07) is 14.6. The van der Waals surface area contributed by atoms with Gasteiger partial charge in [-0.1, -0.05) is 49.1 Å². The van der Waals surface area contributed by atoms with Gasteiger partial charge >= 0.3 is 0 Å². The highest BCUT2D eigenvalue weighted by molar-refractivity contribution is 6.30. The molecule has 0 aliphatic heterocycles. The van der Waals surface area contributed by atoms with E-state index in [4.69, 9.17) is 11.6 Å². The van der Waals surface area contributed by atoms with Crippen molar-refractivity contribution in [3.8, 4) is 0 Å². The third kappa shape index (κ3) is 3.47. The van der Waals surface area contributed by atoms with E-state index in [9.17, 15) is 0 Å². The van der Waals surface area contributed by atoms with Crippen LogP contribution in [0.5, 0.6) is 0 Å². The van der Waals surface area contributed by atoms with Gasteiger partial charge in [0, 0.05) is 22.3 Å². The quantitative estimate of drug-likeness (QED) is 0.719. The number of hydrogen-bond donors (Lipinski definition) is 0. The molecule has 21 heavy (non-hydrogen) atoms. The molecular weight excluding hydrogens is 278 g/mol. The summed E-state index contributed by atoms with van der Waals surface area (Å²) in [5, 5.41) is 0.816. The minimum Gasteiger partial charge on any atom is -0.261 e. The lowest BCUT2D eigenvalue weighted by Gasteiger charge is -2.37. The molecule has 0 amide bonds. The second-order valence-corrected chi connectivity index (χ2v) is 6.62. The van der Waals surface area contributed by atoms with Gasteiger partial charge in [0.2, 0.25) is 0 Å². The van der Waals surface area contributed by atoms with Crippen LogP contribution in [-0.2, 0) is 11.8 Å². The third-order valence-electron chi connectivity index (χ3n) is 4.82. The number of benzene rings is 1. The summed E-state index contributed by atoms with van der Waals surface area (Å²) in [5.74, 6) is 0. The molecular formula is C19H22ClN. The zero-order chi connectivity index (χ0) is 14.5. The summed E-state index contributed by atoms with van der Waals surface area (Å²) in [4.78, 5) is 4.68. The predicted molar refractivity (Wildman–Crippen MR) is 88.8 cm³/mol. The van der Waals surface area contributed by atoms with E-state index in [2.05, 4.69) is 29.2 Å². The van der Waals surface area contributed by atoms with E-state index in [1.165, 1.54) is 49.8 Å². The summed E-state index contributed by atoms with van der Waals surface area (Å²) in [7, 11) is 0. The van der Waals surface area contributed by atoms with Crippen molar-refractivity contribution >= 4 is 11.6 Å². The van der Waals surface area contributed by atoms with Gasteiger partial charge in [0.05, 0.1) is 0 Å². The first-order valence-electron chi connectivity index (χ1n) is 7.95. The predicted octanol–water partition coefficient (Wildman–Crippen LogP) is 5.57. The summed E-state index contributed by atoms with van der Waals surface area (Å²) in [5.41, 5.74) is 2.94. The maximum Gasteiger partial charge on any atom is 0.0465 e. The first-order valence-corrected chi connectivity index (χ1v) is 8.32. The maximum absolute atomic E-state index is 5.97. The van der Waals surface area contributed by atoms with Crippen LogP contribution in [0, 0.1) is 0 Å². The molecule has 1 nitrogen and oxygen atoms in total.